The number of likely N-dealkylation sites (tertiary alicyclic amines) is 1. The zero-order chi connectivity index (χ0) is 14.7. The lowest BCUT2D eigenvalue weighted by Gasteiger charge is -2.47. The molecule has 114 valence electrons. The molecule has 2 atom stereocenters. The molecule has 2 aliphatic rings. The summed E-state index contributed by atoms with van der Waals surface area (Å²) in [6.45, 7) is 3.18. The molecule has 21 heavy (non-hydrogen) atoms. The van der Waals surface area contributed by atoms with Gasteiger partial charge in [-0.15, -0.1) is 11.6 Å². The molecule has 1 heterocycles. The number of hydrogen-bond donors (Lipinski definition) is 1. The Kier molecular flexibility index (Phi) is 4.81. The highest BCUT2D eigenvalue weighted by atomic mass is 35.5. The van der Waals surface area contributed by atoms with Crippen molar-refractivity contribution < 1.29 is 4.79 Å². The van der Waals surface area contributed by atoms with Gasteiger partial charge in [0.25, 0.3) is 0 Å². The summed E-state index contributed by atoms with van der Waals surface area (Å²) in [5, 5.41) is 3.16. The lowest BCUT2D eigenvalue weighted by molar-refractivity contribution is -0.121. The number of carbonyl (C=O) groups is 1. The van der Waals surface area contributed by atoms with Crippen LogP contribution in [0.3, 0.4) is 0 Å². The Morgan fingerprint density at radius 2 is 1.86 bits per heavy atom. The monoisotopic (exact) mass is 306 g/mol. The fraction of sp³-hybridized carbons (Fsp3) is 0.588. The molecule has 1 aliphatic carbocycles. The van der Waals surface area contributed by atoms with Crippen LogP contribution in [0.1, 0.15) is 24.8 Å². The normalized spacial score (nSPS) is 29.1. The van der Waals surface area contributed by atoms with E-state index >= 15 is 0 Å². The van der Waals surface area contributed by atoms with Gasteiger partial charge in [0.1, 0.15) is 5.88 Å². The predicted octanol–water partition coefficient (Wildman–Crippen LogP) is 2.64. The molecule has 1 aromatic carbocycles. The van der Waals surface area contributed by atoms with E-state index in [1.54, 1.807) is 0 Å². The van der Waals surface area contributed by atoms with E-state index in [0.717, 1.165) is 19.6 Å². The summed E-state index contributed by atoms with van der Waals surface area (Å²) in [5.41, 5.74) is 1.37. The molecular formula is C17H23ClN2O. The molecule has 0 radical (unpaired) electrons. The van der Waals surface area contributed by atoms with Gasteiger partial charge in [-0.05, 0) is 30.2 Å². The smallest absolute Gasteiger partial charge is 0.235 e. The van der Waals surface area contributed by atoms with Crippen molar-refractivity contribution in [2.24, 2.45) is 11.8 Å². The maximum Gasteiger partial charge on any atom is 0.235 e. The topological polar surface area (TPSA) is 32.3 Å². The molecule has 2 bridgehead atoms. The average Bonchev–Trinajstić information content (AvgIpc) is 2.49. The third-order valence-corrected chi connectivity index (χ3v) is 5.09. The van der Waals surface area contributed by atoms with Crippen molar-refractivity contribution in [3.05, 3.63) is 35.9 Å². The molecule has 0 aromatic heterocycles. The molecule has 3 nitrogen and oxygen atoms in total. The molecular weight excluding hydrogens is 284 g/mol. The number of nitrogens with zero attached hydrogens (tertiary/aromatic N) is 1. The number of rotatable bonds is 4. The summed E-state index contributed by atoms with van der Waals surface area (Å²) < 4.78 is 0. The van der Waals surface area contributed by atoms with Crippen molar-refractivity contribution in [3.63, 3.8) is 0 Å². The number of benzene rings is 1. The van der Waals surface area contributed by atoms with E-state index in [1.165, 1.54) is 24.8 Å². The van der Waals surface area contributed by atoms with Gasteiger partial charge < -0.3 is 5.32 Å². The van der Waals surface area contributed by atoms with E-state index in [1.807, 2.05) is 0 Å². The second-order valence-corrected chi connectivity index (χ2v) is 6.62. The molecule has 0 spiro atoms. The van der Waals surface area contributed by atoms with Gasteiger partial charge in [-0.2, -0.15) is 0 Å². The van der Waals surface area contributed by atoms with E-state index in [0.29, 0.717) is 17.9 Å². The standard InChI is InChI=1S/C17H23ClN2O/c18-9-16(21)19-17-14-7-4-8-15(17)12-20(11-14)10-13-5-2-1-3-6-13/h1-3,5-6,14-15,17H,4,7-12H2,(H,19,21). The molecule has 1 N–H and O–H groups in total. The van der Waals surface area contributed by atoms with E-state index in [4.69, 9.17) is 11.6 Å². The second-order valence-electron chi connectivity index (χ2n) is 6.36. The summed E-state index contributed by atoms with van der Waals surface area (Å²) in [7, 11) is 0. The number of amides is 1. The molecule has 1 aliphatic heterocycles. The number of hydrogen-bond acceptors (Lipinski definition) is 2. The van der Waals surface area contributed by atoms with Crippen molar-refractivity contribution in [2.45, 2.75) is 31.8 Å². The first-order valence-corrected chi connectivity index (χ1v) is 8.41. The van der Waals surface area contributed by atoms with E-state index < -0.39 is 0 Å². The molecule has 1 aromatic rings. The van der Waals surface area contributed by atoms with Crippen molar-refractivity contribution in [1.29, 1.82) is 0 Å². The van der Waals surface area contributed by atoms with Crippen molar-refractivity contribution in [1.82, 2.24) is 10.2 Å². The molecule has 3 rings (SSSR count). The Bertz CT molecular complexity index is 465. The average molecular weight is 307 g/mol. The first kappa shape index (κ1) is 14.9. The van der Waals surface area contributed by atoms with Gasteiger partial charge in [-0.25, -0.2) is 0 Å². The van der Waals surface area contributed by atoms with Crippen LogP contribution in [0.2, 0.25) is 0 Å². The minimum Gasteiger partial charge on any atom is -0.352 e. The maximum absolute atomic E-state index is 11.6. The zero-order valence-electron chi connectivity index (χ0n) is 12.3. The summed E-state index contributed by atoms with van der Waals surface area (Å²) in [4.78, 5) is 14.2. The van der Waals surface area contributed by atoms with Crippen LogP contribution >= 0.6 is 11.6 Å². The summed E-state index contributed by atoms with van der Waals surface area (Å²) >= 11 is 5.64. The molecule has 2 unspecified atom stereocenters. The molecule has 4 heteroatoms. The fourth-order valence-electron chi connectivity index (χ4n) is 3.96. The number of nitrogens with one attached hydrogen (secondary N) is 1. The Balaban J connectivity index is 1.64. The number of fused-ring (bicyclic) bond motifs is 2. The summed E-state index contributed by atoms with van der Waals surface area (Å²) in [6.07, 6.45) is 3.73. The molecule has 1 amide bonds. The SMILES string of the molecule is O=C(CCl)NC1C2CCCC1CN(Cc1ccccc1)C2. The van der Waals surface area contributed by atoms with Crippen molar-refractivity contribution in [2.75, 3.05) is 19.0 Å². The Morgan fingerprint density at radius 1 is 1.19 bits per heavy atom. The molecule has 1 saturated heterocycles. The minimum atomic E-state index is -0.0184. The largest absolute Gasteiger partial charge is 0.352 e. The highest BCUT2D eigenvalue weighted by molar-refractivity contribution is 6.27. The van der Waals surface area contributed by atoms with Crippen LogP contribution in [0.25, 0.3) is 0 Å². The van der Waals surface area contributed by atoms with Crippen LogP contribution in [-0.4, -0.2) is 35.8 Å². The van der Waals surface area contributed by atoms with Gasteiger partial charge in [0.2, 0.25) is 5.91 Å². The summed E-state index contributed by atoms with van der Waals surface area (Å²) in [6, 6.07) is 11.0. The van der Waals surface area contributed by atoms with Crippen LogP contribution in [0.4, 0.5) is 0 Å². The number of piperidine rings is 1. The Morgan fingerprint density at radius 3 is 2.48 bits per heavy atom. The highest BCUT2D eigenvalue weighted by Crippen LogP contribution is 2.35. The first-order chi connectivity index (χ1) is 10.3. The van der Waals surface area contributed by atoms with Crippen LogP contribution < -0.4 is 5.32 Å². The first-order valence-electron chi connectivity index (χ1n) is 7.88. The minimum absolute atomic E-state index is 0.0184. The van der Waals surface area contributed by atoms with Gasteiger partial charge in [0, 0.05) is 25.7 Å². The lowest BCUT2D eigenvalue weighted by Crippen LogP contribution is -2.58. The quantitative estimate of drug-likeness (QED) is 0.867. The van der Waals surface area contributed by atoms with E-state index in [9.17, 15) is 4.79 Å². The van der Waals surface area contributed by atoms with Crippen LogP contribution in [0.5, 0.6) is 0 Å². The fourth-order valence-corrected chi connectivity index (χ4v) is 4.04. The highest BCUT2D eigenvalue weighted by Gasteiger charge is 2.39. The number of alkyl halides is 1. The lowest BCUT2D eigenvalue weighted by atomic mass is 9.73. The molecule has 1 saturated carbocycles. The van der Waals surface area contributed by atoms with Crippen molar-refractivity contribution >= 4 is 17.5 Å². The number of carbonyl (C=O) groups excluding carboxylic acids is 1. The third-order valence-electron chi connectivity index (χ3n) is 4.85. The van der Waals surface area contributed by atoms with E-state index in [-0.39, 0.29) is 11.8 Å². The van der Waals surface area contributed by atoms with Crippen molar-refractivity contribution in [3.8, 4) is 0 Å². The van der Waals surface area contributed by atoms with Gasteiger partial charge in [-0.3, -0.25) is 9.69 Å². The van der Waals surface area contributed by atoms with Crippen LogP contribution in [0, 0.1) is 11.8 Å². The Hall–Kier alpha value is -1.06. The maximum atomic E-state index is 11.6. The second kappa shape index (κ2) is 6.80. The summed E-state index contributed by atoms with van der Waals surface area (Å²) in [5.74, 6) is 1.21. The third kappa shape index (κ3) is 3.58. The van der Waals surface area contributed by atoms with Gasteiger partial charge >= 0.3 is 0 Å². The Labute approximate surface area is 131 Å². The van der Waals surface area contributed by atoms with Gasteiger partial charge in [-0.1, -0.05) is 36.8 Å². The van der Waals surface area contributed by atoms with Gasteiger partial charge in [0.05, 0.1) is 0 Å². The predicted molar refractivity (Wildman–Crippen MR) is 85.2 cm³/mol. The zero-order valence-corrected chi connectivity index (χ0v) is 13.1. The van der Waals surface area contributed by atoms with Gasteiger partial charge in [0.15, 0.2) is 0 Å². The van der Waals surface area contributed by atoms with Crippen LogP contribution in [0.15, 0.2) is 30.3 Å². The van der Waals surface area contributed by atoms with E-state index in [2.05, 4.69) is 40.5 Å². The molecule has 2 fully saturated rings. The number of halogens is 1. The van der Waals surface area contributed by atoms with Crippen LogP contribution in [-0.2, 0) is 11.3 Å².